The third-order valence-electron chi connectivity index (χ3n) is 5.31. The van der Waals surface area contributed by atoms with Gasteiger partial charge in [-0.1, -0.05) is 27.2 Å². The van der Waals surface area contributed by atoms with Crippen molar-refractivity contribution in [2.75, 3.05) is 6.54 Å². The number of amides is 2. The van der Waals surface area contributed by atoms with E-state index in [1.807, 2.05) is 13.8 Å². The highest BCUT2D eigenvalue weighted by molar-refractivity contribution is 5.87. The van der Waals surface area contributed by atoms with Crippen LogP contribution in [0.25, 0.3) is 0 Å². The number of nitrogens with one attached hydrogen (secondary N) is 1. The molecule has 1 unspecified atom stereocenters. The highest BCUT2D eigenvalue weighted by Gasteiger charge is 2.60. The Labute approximate surface area is 144 Å². The fourth-order valence-electron chi connectivity index (χ4n) is 3.62. The molecule has 1 N–H and O–H groups in total. The molecule has 0 spiro atoms. The highest BCUT2D eigenvalue weighted by Crippen LogP contribution is 2.55. The van der Waals surface area contributed by atoms with Gasteiger partial charge in [0, 0.05) is 12.5 Å². The number of rotatable bonds is 4. The first-order valence-corrected chi connectivity index (χ1v) is 8.80. The molecule has 134 valence electrons. The lowest BCUT2D eigenvalue weighted by atomic mass is 9.97. The number of hydrogen-bond acceptors (Lipinski definition) is 4. The van der Waals surface area contributed by atoms with Crippen molar-refractivity contribution in [3.8, 4) is 6.07 Å². The maximum atomic E-state index is 13.0. The molecule has 0 aromatic rings. The minimum Gasteiger partial charge on any atom is -0.444 e. The summed E-state index contributed by atoms with van der Waals surface area (Å²) in [7, 11) is 0. The Kier molecular flexibility index (Phi) is 5.12. The normalized spacial score (nSPS) is 30.8. The van der Waals surface area contributed by atoms with E-state index < -0.39 is 17.7 Å². The molecular weight excluding hydrogens is 306 g/mol. The molecule has 0 radical (unpaired) electrons. The Hall–Kier alpha value is -1.77. The second-order valence-electron chi connectivity index (χ2n) is 8.17. The van der Waals surface area contributed by atoms with E-state index in [0.717, 1.165) is 6.42 Å². The van der Waals surface area contributed by atoms with Crippen molar-refractivity contribution in [2.45, 2.75) is 65.6 Å². The summed E-state index contributed by atoms with van der Waals surface area (Å²) < 4.78 is 5.29. The average molecular weight is 335 g/mol. The first-order valence-electron chi connectivity index (χ1n) is 8.80. The summed E-state index contributed by atoms with van der Waals surface area (Å²) in [6.07, 6.45) is 0.160. The summed E-state index contributed by atoms with van der Waals surface area (Å²) in [5, 5.41) is 12.2. The van der Waals surface area contributed by atoms with Crippen LogP contribution in [0.4, 0.5) is 4.79 Å². The predicted octanol–water partition coefficient (Wildman–Crippen LogP) is 2.54. The van der Waals surface area contributed by atoms with E-state index in [2.05, 4.69) is 18.3 Å². The van der Waals surface area contributed by atoms with Gasteiger partial charge in [-0.25, -0.2) is 4.79 Å². The molecule has 1 saturated carbocycles. The third-order valence-corrected chi connectivity index (χ3v) is 5.31. The van der Waals surface area contributed by atoms with Crippen LogP contribution in [0.1, 0.15) is 48.0 Å². The molecule has 6 atom stereocenters. The van der Waals surface area contributed by atoms with Gasteiger partial charge in [0.2, 0.25) is 5.91 Å². The first kappa shape index (κ1) is 18.6. The zero-order valence-electron chi connectivity index (χ0n) is 15.5. The van der Waals surface area contributed by atoms with Crippen molar-refractivity contribution in [1.82, 2.24) is 10.2 Å². The van der Waals surface area contributed by atoms with Crippen LogP contribution in [0.15, 0.2) is 0 Å². The fourth-order valence-corrected chi connectivity index (χ4v) is 3.62. The Morgan fingerprint density at radius 1 is 1.42 bits per heavy atom. The quantitative estimate of drug-likeness (QED) is 0.856. The molecule has 1 saturated heterocycles. The van der Waals surface area contributed by atoms with Crippen LogP contribution in [0.3, 0.4) is 0 Å². The molecule has 2 amide bonds. The molecule has 1 aliphatic heterocycles. The van der Waals surface area contributed by atoms with Crippen LogP contribution < -0.4 is 5.32 Å². The average Bonchev–Trinajstić information content (AvgIpc) is 2.96. The van der Waals surface area contributed by atoms with Crippen molar-refractivity contribution in [1.29, 1.82) is 5.26 Å². The topological polar surface area (TPSA) is 82.4 Å². The lowest BCUT2D eigenvalue weighted by Crippen LogP contribution is -2.54. The number of nitrogens with zero attached hydrogens (tertiary/aromatic N) is 2. The zero-order valence-corrected chi connectivity index (χ0v) is 15.5. The van der Waals surface area contributed by atoms with Crippen molar-refractivity contribution in [2.24, 2.45) is 23.7 Å². The number of hydrogen-bond donors (Lipinski definition) is 1. The number of ether oxygens (including phenoxy) is 1. The summed E-state index contributed by atoms with van der Waals surface area (Å²) in [5.41, 5.74) is -0.618. The molecule has 1 heterocycles. The van der Waals surface area contributed by atoms with Gasteiger partial charge in [0.05, 0.1) is 6.07 Å². The SMILES string of the molecule is CCC(C)[C@H](NC(=O)OC(C)(C)C)C(=O)N1C[C@H]2[C@@H](C)[C@H]2[C@@H]1C#N. The minimum atomic E-state index is -0.659. The van der Waals surface area contributed by atoms with Gasteiger partial charge in [-0.05, 0) is 38.5 Å². The smallest absolute Gasteiger partial charge is 0.408 e. The van der Waals surface area contributed by atoms with Crippen LogP contribution in [-0.2, 0) is 9.53 Å². The number of likely N-dealkylation sites (tertiary alicyclic amines) is 1. The number of carbonyl (C=O) groups excluding carboxylic acids is 2. The summed E-state index contributed by atoms with van der Waals surface area (Å²) in [6.45, 7) is 12.0. The van der Waals surface area contributed by atoms with Gasteiger partial charge in [0.15, 0.2) is 0 Å². The van der Waals surface area contributed by atoms with Crippen molar-refractivity contribution in [3.05, 3.63) is 0 Å². The zero-order chi connectivity index (χ0) is 18.2. The molecule has 0 bridgehead atoms. The van der Waals surface area contributed by atoms with Crippen molar-refractivity contribution >= 4 is 12.0 Å². The van der Waals surface area contributed by atoms with E-state index in [9.17, 15) is 14.9 Å². The third kappa shape index (κ3) is 3.66. The molecule has 6 heteroatoms. The van der Waals surface area contributed by atoms with Gasteiger partial charge in [0.1, 0.15) is 17.7 Å². The van der Waals surface area contributed by atoms with E-state index in [1.54, 1.807) is 25.7 Å². The largest absolute Gasteiger partial charge is 0.444 e. The van der Waals surface area contributed by atoms with E-state index >= 15 is 0 Å². The predicted molar refractivity (Wildman–Crippen MR) is 89.9 cm³/mol. The van der Waals surface area contributed by atoms with Crippen LogP contribution in [0.2, 0.25) is 0 Å². The lowest BCUT2D eigenvalue weighted by molar-refractivity contribution is -0.135. The van der Waals surface area contributed by atoms with Crippen LogP contribution in [0.5, 0.6) is 0 Å². The Morgan fingerprint density at radius 3 is 2.54 bits per heavy atom. The molecular formula is C18H29N3O3. The van der Waals surface area contributed by atoms with Gasteiger partial charge in [-0.15, -0.1) is 0 Å². The maximum Gasteiger partial charge on any atom is 0.408 e. The number of piperidine rings is 1. The fraction of sp³-hybridized carbons (Fsp3) is 0.833. The van der Waals surface area contributed by atoms with Gasteiger partial charge in [-0.3, -0.25) is 4.79 Å². The number of nitriles is 1. The molecule has 0 aromatic carbocycles. The van der Waals surface area contributed by atoms with Gasteiger partial charge in [0.25, 0.3) is 0 Å². The van der Waals surface area contributed by atoms with E-state index in [4.69, 9.17) is 4.74 Å². The summed E-state index contributed by atoms with van der Waals surface area (Å²) in [4.78, 5) is 26.8. The minimum absolute atomic E-state index is 0.0290. The number of carbonyl (C=O) groups is 2. The lowest BCUT2D eigenvalue weighted by Gasteiger charge is -2.32. The number of fused-ring (bicyclic) bond motifs is 1. The van der Waals surface area contributed by atoms with E-state index in [1.165, 1.54) is 0 Å². The van der Waals surface area contributed by atoms with Crippen molar-refractivity contribution < 1.29 is 14.3 Å². The molecule has 2 fully saturated rings. The standard InChI is InChI=1S/C18H29N3O3/c1-7-10(2)15(20-17(23)24-18(4,5)6)16(22)21-9-12-11(3)14(12)13(21)8-19/h10-15H,7,9H2,1-6H3,(H,20,23)/t10?,11-,12+,13+,14-,15+/m1/s1. The van der Waals surface area contributed by atoms with Gasteiger partial charge >= 0.3 is 6.09 Å². The summed E-state index contributed by atoms with van der Waals surface area (Å²) in [5.74, 6) is 1.04. The Balaban J connectivity index is 2.09. The van der Waals surface area contributed by atoms with E-state index in [-0.39, 0.29) is 23.8 Å². The highest BCUT2D eigenvalue weighted by atomic mass is 16.6. The van der Waals surface area contributed by atoms with Crippen LogP contribution in [0, 0.1) is 35.0 Å². The van der Waals surface area contributed by atoms with Crippen LogP contribution in [-0.4, -0.2) is 41.1 Å². The summed E-state index contributed by atoms with van der Waals surface area (Å²) in [6, 6.07) is 1.25. The number of alkyl carbamates (subject to hydrolysis) is 1. The monoisotopic (exact) mass is 335 g/mol. The molecule has 1 aliphatic carbocycles. The Morgan fingerprint density at radius 2 is 2.04 bits per heavy atom. The maximum absolute atomic E-state index is 13.0. The van der Waals surface area contributed by atoms with Crippen molar-refractivity contribution in [3.63, 3.8) is 0 Å². The molecule has 24 heavy (non-hydrogen) atoms. The van der Waals surface area contributed by atoms with Gasteiger partial charge < -0.3 is 15.0 Å². The second-order valence-corrected chi connectivity index (χ2v) is 8.17. The van der Waals surface area contributed by atoms with E-state index in [0.29, 0.717) is 18.4 Å². The second kappa shape index (κ2) is 6.62. The summed E-state index contributed by atoms with van der Waals surface area (Å²) >= 11 is 0. The molecule has 6 nitrogen and oxygen atoms in total. The Bertz CT molecular complexity index is 549. The molecule has 2 rings (SSSR count). The van der Waals surface area contributed by atoms with Crippen LogP contribution >= 0.6 is 0 Å². The first-order chi connectivity index (χ1) is 11.1. The van der Waals surface area contributed by atoms with Gasteiger partial charge in [-0.2, -0.15) is 5.26 Å². The molecule has 2 aliphatic rings. The molecule has 0 aromatic heterocycles.